The molecule has 1 aromatic carbocycles. The largest absolute Gasteiger partial charge is 0.486 e. The number of amides is 1. The molecule has 9 nitrogen and oxygen atoms in total. The van der Waals surface area contributed by atoms with Gasteiger partial charge in [0.05, 0.1) is 4.90 Å². The van der Waals surface area contributed by atoms with Crippen molar-refractivity contribution in [1.29, 1.82) is 0 Å². The fourth-order valence-corrected chi connectivity index (χ4v) is 6.20. The van der Waals surface area contributed by atoms with Crippen LogP contribution in [0.4, 0.5) is 0 Å². The van der Waals surface area contributed by atoms with Gasteiger partial charge in [-0.1, -0.05) is 0 Å². The maximum Gasteiger partial charge on any atom is 0.303 e. The van der Waals surface area contributed by atoms with Crippen LogP contribution in [0.5, 0.6) is 11.5 Å². The Morgan fingerprint density at radius 1 is 1.17 bits per heavy atom. The van der Waals surface area contributed by atoms with Crippen molar-refractivity contribution in [2.45, 2.75) is 24.7 Å². The number of carbonyl (C=O) groups is 2. The van der Waals surface area contributed by atoms with Crippen LogP contribution in [0.3, 0.4) is 0 Å². The van der Waals surface area contributed by atoms with Crippen LogP contribution in [-0.2, 0) is 19.6 Å². The van der Waals surface area contributed by atoms with Crippen molar-refractivity contribution in [3.63, 3.8) is 0 Å². The van der Waals surface area contributed by atoms with Gasteiger partial charge in [0.25, 0.3) is 0 Å². The first kappa shape index (κ1) is 20.0. The number of hydrogen-bond acceptors (Lipinski definition) is 6. The van der Waals surface area contributed by atoms with Gasteiger partial charge in [-0.2, -0.15) is 4.31 Å². The number of aliphatic carboxylic acids is 1. The summed E-state index contributed by atoms with van der Waals surface area (Å²) < 4.78 is 38.9. The Balaban J connectivity index is 1.60. The summed E-state index contributed by atoms with van der Waals surface area (Å²) in [6.07, 6.45) is 0.282. The van der Waals surface area contributed by atoms with E-state index in [1.807, 2.05) is 0 Å². The quantitative estimate of drug-likeness (QED) is 0.743. The number of benzene rings is 1. The third-order valence-electron chi connectivity index (χ3n) is 6.16. The van der Waals surface area contributed by atoms with Crippen LogP contribution in [0.15, 0.2) is 23.1 Å². The van der Waals surface area contributed by atoms with Crippen LogP contribution >= 0.6 is 0 Å². The molecule has 2 saturated heterocycles. The Morgan fingerprint density at radius 2 is 1.90 bits per heavy atom. The lowest BCUT2D eigenvalue weighted by molar-refractivity contribution is -0.137. The lowest BCUT2D eigenvalue weighted by atomic mass is 9.77. The van der Waals surface area contributed by atoms with Crippen molar-refractivity contribution in [2.75, 3.05) is 39.4 Å². The highest BCUT2D eigenvalue weighted by molar-refractivity contribution is 7.89. The molecule has 0 spiro atoms. The molecule has 4 rings (SSSR count). The normalized spacial score (nSPS) is 26.4. The lowest BCUT2D eigenvalue weighted by Gasteiger charge is -2.28. The van der Waals surface area contributed by atoms with E-state index in [-0.39, 0.29) is 36.2 Å². The summed E-state index contributed by atoms with van der Waals surface area (Å²) in [4.78, 5) is 24.8. The molecule has 3 aliphatic rings. The maximum absolute atomic E-state index is 13.3. The van der Waals surface area contributed by atoms with Gasteiger partial charge in [-0.15, -0.1) is 0 Å². The Bertz CT molecular complexity index is 948. The highest BCUT2D eigenvalue weighted by Gasteiger charge is 2.55. The smallest absolute Gasteiger partial charge is 0.303 e. The van der Waals surface area contributed by atoms with Crippen molar-refractivity contribution in [3.8, 4) is 11.5 Å². The molecular weight excluding hydrogens is 400 g/mol. The van der Waals surface area contributed by atoms with Crippen LogP contribution in [0.1, 0.15) is 19.8 Å². The standard InChI is InChI=1S/C19H24N2O7S/c1-13(22)20-9-14-10-21(12-19(14,11-20)5-4-18(23)24)29(25,26)15-2-3-16-17(8-15)28-7-6-27-16/h2-3,8,14H,4-7,9-12H2,1H3,(H,23,24). The topological polar surface area (TPSA) is 113 Å². The zero-order chi connectivity index (χ0) is 20.8. The number of rotatable bonds is 5. The fourth-order valence-electron chi connectivity index (χ4n) is 4.60. The first-order valence-electron chi connectivity index (χ1n) is 9.58. The number of hydrogen-bond donors (Lipinski definition) is 1. The molecule has 0 saturated carbocycles. The average molecular weight is 424 g/mol. The molecule has 2 fully saturated rings. The predicted molar refractivity (Wildman–Crippen MR) is 101 cm³/mol. The van der Waals surface area contributed by atoms with E-state index in [0.29, 0.717) is 44.2 Å². The number of carboxylic acid groups (broad SMARTS) is 1. The molecule has 3 aliphatic heterocycles. The Kier molecular flexibility index (Phi) is 4.94. The lowest BCUT2D eigenvalue weighted by Crippen LogP contribution is -2.38. The maximum atomic E-state index is 13.3. The van der Waals surface area contributed by atoms with Crippen LogP contribution in [0.2, 0.25) is 0 Å². The fraction of sp³-hybridized carbons (Fsp3) is 0.579. The van der Waals surface area contributed by atoms with Gasteiger partial charge in [-0.05, 0) is 24.5 Å². The second-order valence-electron chi connectivity index (χ2n) is 7.96. The van der Waals surface area contributed by atoms with Crippen molar-refractivity contribution in [3.05, 3.63) is 18.2 Å². The molecule has 1 amide bonds. The molecular formula is C19H24N2O7S. The summed E-state index contributed by atoms with van der Waals surface area (Å²) in [6.45, 7) is 3.56. The minimum atomic E-state index is -3.78. The third kappa shape index (κ3) is 3.55. The number of fused-ring (bicyclic) bond motifs is 2. The number of sulfonamides is 1. The van der Waals surface area contributed by atoms with Gasteiger partial charge in [0, 0.05) is 51.0 Å². The zero-order valence-electron chi connectivity index (χ0n) is 16.2. The van der Waals surface area contributed by atoms with Gasteiger partial charge < -0.3 is 19.5 Å². The number of nitrogens with zero attached hydrogens (tertiary/aromatic N) is 2. The van der Waals surface area contributed by atoms with E-state index in [4.69, 9.17) is 14.6 Å². The van der Waals surface area contributed by atoms with Crippen molar-refractivity contribution < 1.29 is 32.6 Å². The van der Waals surface area contributed by atoms with Gasteiger partial charge in [-0.3, -0.25) is 9.59 Å². The van der Waals surface area contributed by atoms with E-state index in [1.165, 1.54) is 23.4 Å². The molecule has 10 heteroatoms. The summed E-state index contributed by atoms with van der Waals surface area (Å²) in [7, 11) is -3.78. The van der Waals surface area contributed by atoms with E-state index in [9.17, 15) is 18.0 Å². The molecule has 158 valence electrons. The first-order valence-corrected chi connectivity index (χ1v) is 11.0. The average Bonchev–Trinajstić information content (AvgIpc) is 3.21. The van der Waals surface area contributed by atoms with Crippen LogP contribution in [-0.4, -0.2) is 74.0 Å². The van der Waals surface area contributed by atoms with E-state index in [1.54, 1.807) is 11.0 Å². The summed E-state index contributed by atoms with van der Waals surface area (Å²) in [5.74, 6) is -0.163. The van der Waals surface area contributed by atoms with Gasteiger partial charge in [0.15, 0.2) is 11.5 Å². The molecule has 2 atom stereocenters. The van der Waals surface area contributed by atoms with Gasteiger partial charge >= 0.3 is 5.97 Å². The molecule has 2 unspecified atom stereocenters. The predicted octanol–water partition coefficient (Wildman–Crippen LogP) is 0.792. The minimum Gasteiger partial charge on any atom is -0.486 e. The highest BCUT2D eigenvalue weighted by Crippen LogP contribution is 2.47. The number of likely N-dealkylation sites (tertiary alicyclic amines) is 1. The molecule has 0 aliphatic carbocycles. The molecule has 0 aromatic heterocycles. The van der Waals surface area contributed by atoms with E-state index < -0.39 is 21.4 Å². The Morgan fingerprint density at radius 3 is 2.59 bits per heavy atom. The molecule has 1 N–H and O–H groups in total. The van der Waals surface area contributed by atoms with Crippen LogP contribution in [0, 0.1) is 11.3 Å². The van der Waals surface area contributed by atoms with Gasteiger partial charge in [-0.25, -0.2) is 8.42 Å². The van der Waals surface area contributed by atoms with Crippen molar-refractivity contribution in [2.24, 2.45) is 11.3 Å². The van der Waals surface area contributed by atoms with E-state index in [0.717, 1.165) is 0 Å². The number of ether oxygens (including phenoxy) is 2. The molecule has 0 bridgehead atoms. The van der Waals surface area contributed by atoms with Crippen molar-refractivity contribution in [1.82, 2.24) is 9.21 Å². The SMILES string of the molecule is CC(=O)N1CC2CN(S(=O)(=O)c3ccc4c(c3)OCCO4)CC2(CCC(=O)O)C1. The van der Waals surface area contributed by atoms with Gasteiger partial charge in [0.1, 0.15) is 13.2 Å². The first-order chi connectivity index (χ1) is 13.7. The molecule has 0 radical (unpaired) electrons. The van der Waals surface area contributed by atoms with E-state index >= 15 is 0 Å². The van der Waals surface area contributed by atoms with E-state index in [2.05, 4.69) is 0 Å². The minimum absolute atomic E-state index is 0.0554. The Labute approximate surface area is 169 Å². The number of carbonyl (C=O) groups excluding carboxylic acids is 1. The zero-order valence-corrected chi connectivity index (χ0v) is 17.0. The Hall–Kier alpha value is -2.33. The second kappa shape index (κ2) is 7.17. The van der Waals surface area contributed by atoms with Gasteiger partial charge in [0.2, 0.25) is 15.9 Å². The second-order valence-corrected chi connectivity index (χ2v) is 9.89. The summed E-state index contributed by atoms with van der Waals surface area (Å²) in [6, 6.07) is 4.57. The highest BCUT2D eigenvalue weighted by atomic mass is 32.2. The number of carboxylic acids is 1. The summed E-state index contributed by atoms with van der Waals surface area (Å²) >= 11 is 0. The van der Waals surface area contributed by atoms with Crippen LogP contribution in [0.25, 0.3) is 0 Å². The molecule has 3 heterocycles. The monoisotopic (exact) mass is 424 g/mol. The van der Waals surface area contributed by atoms with Crippen LogP contribution < -0.4 is 9.47 Å². The summed E-state index contributed by atoms with van der Waals surface area (Å²) in [5, 5.41) is 9.14. The molecule has 1 aromatic rings. The van der Waals surface area contributed by atoms with Crippen molar-refractivity contribution >= 4 is 21.9 Å². The summed E-state index contributed by atoms with van der Waals surface area (Å²) in [5.41, 5.74) is -0.537. The molecule has 29 heavy (non-hydrogen) atoms. The third-order valence-corrected chi connectivity index (χ3v) is 7.97.